The molecule has 0 saturated carbocycles. The molecule has 0 heterocycles. The van der Waals surface area contributed by atoms with E-state index in [-0.39, 0.29) is 5.97 Å². The summed E-state index contributed by atoms with van der Waals surface area (Å²) >= 11 is 0. The molecular weight excluding hydrogens is 284 g/mol. The fourth-order valence-corrected chi connectivity index (χ4v) is 2.65. The molecular formula is C21H18O2. The zero-order valence-corrected chi connectivity index (χ0v) is 13.2. The number of carbonyl (C=O) groups excluding carboxylic acids is 1. The first kappa shape index (κ1) is 15.0. The number of methoxy groups -OCH3 is 1. The van der Waals surface area contributed by atoms with Crippen molar-refractivity contribution in [3.8, 4) is 22.3 Å². The summed E-state index contributed by atoms with van der Waals surface area (Å²) in [6.45, 7) is 2.12. The molecule has 2 heteroatoms. The van der Waals surface area contributed by atoms with Gasteiger partial charge >= 0.3 is 5.97 Å². The van der Waals surface area contributed by atoms with Crippen molar-refractivity contribution in [2.75, 3.05) is 7.11 Å². The highest BCUT2D eigenvalue weighted by Gasteiger charge is 2.07. The van der Waals surface area contributed by atoms with Gasteiger partial charge in [0.05, 0.1) is 12.7 Å². The topological polar surface area (TPSA) is 26.3 Å². The number of aryl methyl sites for hydroxylation is 1. The molecule has 3 aromatic rings. The molecule has 3 aromatic carbocycles. The van der Waals surface area contributed by atoms with Crippen LogP contribution < -0.4 is 0 Å². The Balaban J connectivity index is 1.99. The first-order valence-corrected chi connectivity index (χ1v) is 7.54. The predicted octanol–water partition coefficient (Wildman–Crippen LogP) is 5.12. The zero-order chi connectivity index (χ0) is 16.2. The smallest absolute Gasteiger partial charge is 0.337 e. The maximum absolute atomic E-state index is 11.5. The number of benzene rings is 3. The highest BCUT2D eigenvalue weighted by molar-refractivity contribution is 5.90. The average Bonchev–Trinajstić information content (AvgIpc) is 2.62. The van der Waals surface area contributed by atoms with Crippen molar-refractivity contribution in [1.29, 1.82) is 0 Å². The molecule has 23 heavy (non-hydrogen) atoms. The zero-order valence-electron chi connectivity index (χ0n) is 13.2. The van der Waals surface area contributed by atoms with E-state index >= 15 is 0 Å². The van der Waals surface area contributed by atoms with E-state index < -0.39 is 0 Å². The second-order valence-electron chi connectivity index (χ2n) is 5.46. The number of esters is 1. The Labute approximate surface area is 136 Å². The first-order chi connectivity index (χ1) is 11.2. The van der Waals surface area contributed by atoms with Crippen LogP contribution in [0.1, 0.15) is 15.9 Å². The van der Waals surface area contributed by atoms with Crippen molar-refractivity contribution >= 4 is 5.97 Å². The van der Waals surface area contributed by atoms with Crippen LogP contribution in [-0.4, -0.2) is 13.1 Å². The molecule has 0 aliphatic rings. The number of rotatable bonds is 3. The Morgan fingerprint density at radius 3 is 2.09 bits per heavy atom. The Morgan fingerprint density at radius 1 is 0.783 bits per heavy atom. The van der Waals surface area contributed by atoms with Gasteiger partial charge in [0.2, 0.25) is 0 Å². The van der Waals surface area contributed by atoms with E-state index in [1.807, 2.05) is 30.3 Å². The van der Waals surface area contributed by atoms with Crippen LogP contribution in [0.4, 0.5) is 0 Å². The molecule has 0 aromatic heterocycles. The Kier molecular flexibility index (Phi) is 4.24. The summed E-state index contributed by atoms with van der Waals surface area (Å²) in [4.78, 5) is 11.5. The molecule has 0 aliphatic carbocycles. The molecule has 114 valence electrons. The average molecular weight is 302 g/mol. The Morgan fingerprint density at radius 2 is 1.43 bits per heavy atom. The molecule has 0 aliphatic heterocycles. The van der Waals surface area contributed by atoms with Crippen LogP contribution in [-0.2, 0) is 4.74 Å². The van der Waals surface area contributed by atoms with Gasteiger partial charge in [-0.15, -0.1) is 0 Å². The molecule has 0 fully saturated rings. The molecule has 0 amide bonds. The van der Waals surface area contributed by atoms with Gasteiger partial charge in [-0.05, 0) is 52.9 Å². The molecule has 0 unspecified atom stereocenters. The van der Waals surface area contributed by atoms with E-state index in [9.17, 15) is 4.79 Å². The number of carbonyl (C=O) groups is 1. The fraction of sp³-hybridized carbons (Fsp3) is 0.0952. The van der Waals surface area contributed by atoms with Gasteiger partial charge in [-0.1, -0.05) is 54.6 Å². The van der Waals surface area contributed by atoms with Crippen LogP contribution in [0.15, 0.2) is 72.8 Å². The molecule has 0 spiro atoms. The second kappa shape index (κ2) is 6.49. The minimum absolute atomic E-state index is 0.314. The largest absolute Gasteiger partial charge is 0.465 e. The molecule has 0 atom stereocenters. The lowest BCUT2D eigenvalue weighted by molar-refractivity contribution is 0.0601. The van der Waals surface area contributed by atoms with Crippen molar-refractivity contribution in [3.05, 3.63) is 83.9 Å². The summed E-state index contributed by atoms with van der Waals surface area (Å²) in [5, 5.41) is 0. The molecule has 3 rings (SSSR count). The SMILES string of the molecule is COC(=O)c1ccc(-c2ccc(C)c(-c3ccccc3)c2)cc1. The van der Waals surface area contributed by atoms with Gasteiger partial charge in [0, 0.05) is 0 Å². The van der Waals surface area contributed by atoms with E-state index in [4.69, 9.17) is 4.74 Å². The van der Waals surface area contributed by atoms with Crippen LogP contribution in [0, 0.1) is 6.92 Å². The van der Waals surface area contributed by atoms with E-state index in [1.54, 1.807) is 12.1 Å². The summed E-state index contributed by atoms with van der Waals surface area (Å²) < 4.78 is 4.74. The molecule has 0 bridgehead atoms. The third-order valence-corrected chi connectivity index (χ3v) is 3.96. The van der Waals surface area contributed by atoms with Gasteiger partial charge < -0.3 is 4.74 Å². The summed E-state index contributed by atoms with van der Waals surface area (Å²) in [6.07, 6.45) is 0. The predicted molar refractivity (Wildman–Crippen MR) is 93.4 cm³/mol. The summed E-state index contributed by atoms with van der Waals surface area (Å²) in [5.74, 6) is -0.314. The van der Waals surface area contributed by atoms with Crippen molar-refractivity contribution in [2.45, 2.75) is 6.92 Å². The van der Waals surface area contributed by atoms with E-state index in [2.05, 4.69) is 37.3 Å². The normalized spacial score (nSPS) is 10.3. The van der Waals surface area contributed by atoms with Gasteiger partial charge in [0.15, 0.2) is 0 Å². The van der Waals surface area contributed by atoms with Crippen LogP contribution in [0.3, 0.4) is 0 Å². The van der Waals surface area contributed by atoms with Crippen LogP contribution >= 0.6 is 0 Å². The maximum Gasteiger partial charge on any atom is 0.337 e. The quantitative estimate of drug-likeness (QED) is 0.628. The summed E-state index contributed by atoms with van der Waals surface area (Å²) in [7, 11) is 1.39. The summed E-state index contributed by atoms with van der Waals surface area (Å²) in [5.41, 5.74) is 6.44. The highest BCUT2D eigenvalue weighted by Crippen LogP contribution is 2.29. The first-order valence-electron chi connectivity index (χ1n) is 7.54. The number of hydrogen-bond acceptors (Lipinski definition) is 2. The monoisotopic (exact) mass is 302 g/mol. The van der Waals surface area contributed by atoms with Crippen molar-refractivity contribution in [1.82, 2.24) is 0 Å². The highest BCUT2D eigenvalue weighted by atomic mass is 16.5. The lowest BCUT2D eigenvalue weighted by Gasteiger charge is -2.10. The van der Waals surface area contributed by atoms with Crippen molar-refractivity contribution < 1.29 is 9.53 Å². The lowest BCUT2D eigenvalue weighted by Crippen LogP contribution is -2.00. The van der Waals surface area contributed by atoms with Crippen molar-refractivity contribution in [2.24, 2.45) is 0 Å². The minimum atomic E-state index is -0.314. The van der Waals surface area contributed by atoms with Gasteiger partial charge in [-0.3, -0.25) is 0 Å². The van der Waals surface area contributed by atoms with Crippen LogP contribution in [0.25, 0.3) is 22.3 Å². The van der Waals surface area contributed by atoms with Gasteiger partial charge in [-0.2, -0.15) is 0 Å². The van der Waals surface area contributed by atoms with E-state index in [1.165, 1.54) is 23.8 Å². The Bertz CT molecular complexity index is 818. The number of hydrogen-bond donors (Lipinski definition) is 0. The molecule has 0 radical (unpaired) electrons. The van der Waals surface area contributed by atoms with Gasteiger partial charge in [0.25, 0.3) is 0 Å². The second-order valence-corrected chi connectivity index (χ2v) is 5.46. The minimum Gasteiger partial charge on any atom is -0.465 e. The molecule has 0 saturated heterocycles. The third-order valence-electron chi connectivity index (χ3n) is 3.96. The summed E-state index contributed by atoms with van der Waals surface area (Å²) in [6, 6.07) is 24.3. The van der Waals surface area contributed by atoms with Crippen LogP contribution in [0.5, 0.6) is 0 Å². The molecule has 0 N–H and O–H groups in total. The van der Waals surface area contributed by atoms with Gasteiger partial charge in [0.1, 0.15) is 0 Å². The van der Waals surface area contributed by atoms with E-state index in [0.29, 0.717) is 5.56 Å². The lowest BCUT2D eigenvalue weighted by atomic mass is 9.95. The standard InChI is InChI=1S/C21H18O2/c1-15-8-9-19(14-20(15)17-6-4-3-5-7-17)16-10-12-18(13-11-16)21(22)23-2/h3-14H,1-2H3. The van der Waals surface area contributed by atoms with Crippen molar-refractivity contribution in [3.63, 3.8) is 0 Å². The van der Waals surface area contributed by atoms with E-state index in [0.717, 1.165) is 11.1 Å². The van der Waals surface area contributed by atoms with Gasteiger partial charge in [-0.25, -0.2) is 4.79 Å². The Hall–Kier alpha value is -2.87. The molecule has 2 nitrogen and oxygen atoms in total. The maximum atomic E-state index is 11.5. The van der Waals surface area contributed by atoms with Crippen LogP contribution in [0.2, 0.25) is 0 Å². The fourth-order valence-electron chi connectivity index (χ4n) is 2.65. The third kappa shape index (κ3) is 3.16. The number of ether oxygens (including phenoxy) is 1.